The van der Waals surface area contributed by atoms with Crippen molar-refractivity contribution in [1.82, 2.24) is 0 Å². The Labute approximate surface area is 76.2 Å². The second-order valence-electron chi connectivity index (χ2n) is 2.92. The highest BCUT2D eigenvalue weighted by Gasteiger charge is 2.45. The van der Waals surface area contributed by atoms with E-state index in [1.165, 1.54) is 6.08 Å². The largest absolute Gasteiger partial charge is 0.394 e. The highest BCUT2D eigenvalue weighted by Crippen LogP contribution is 2.29. The topological polar surface area (TPSA) is 79.2 Å². The minimum atomic E-state index is -1.79. The molecule has 1 saturated heterocycles. The standard InChI is InChI=1S/C8H14O5/c1-2-3-12-8(11)4-6(10)7(5-9)13-8/h2,6-7,9-11H,1,3-5H2/t6-,7+,8+/m0/s1. The molecule has 0 aromatic carbocycles. The lowest BCUT2D eigenvalue weighted by Gasteiger charge is -2.21. The van der Waals surface area contributed by atoms with Crippen molar-refractivity contribution >= 4 is 0 Å². The first kappa shape index (κ1) is 10.6. The van der Waals surface area contributed by atoms with Gasteiger partial charge in [-0.3, -0.25) is 0 Å². The maximum atomic E-state index is 9.53. The first-order chi connectivity index (χ1) is 6.11. The SMILES string of the molecule is C=CCO[C@]1(O)C[C@H](O)[C@@H](CO)O1. The third-order valence-electron chi connectivity index (χ3n) is 1.84. The molecule has 1 rings (SSSR count). The van der Waals surface area contributed by atoms with Crippen molar-refractivity contribution in [3.8, 4) is 0 Å². The van der Waals surface area contributed by atoms with E-state index in [2.05, 4.69) is 6.58 Å². The van der Waals surface area contributed by atoms with E-state index >= 15 is 0 Å². The van der Waals surface area contributed by atoms with Crippen molar-refractivity contribution in [2.45, 2.75) is 24.6 Å². The van der Waals surface area contributed by atoms with E-state index in [4.69, 9.17) is 14.6 Å². The molecule has 3 atom stereocenters. The number of ether oxygens (including phenoxy) is 2. The summed E-state index contributed by atoms with van der Waals surface area (Å²) in [5.74, 6) is -1.79. The van der Waals surface area contributed by atoms with Crippen LogP contribution < -0.4 is 0 Å². The Morgan fingerprint density at radius 1 is 1.69 bits per heavy atom. The van der Waals surface area contributed by atoms with Crippen molar-refractivity contribution in [2.75, 3.05) is 13.2 Å². The number of hydrogen-bond donors (Lipinski definition) is 3. The summed E-state index contributed by atoms with van der Waals surface area (Å²) < 4.78 is 9.78. The maximum Gasteiger partial charge on any atom is 0.283 e. The predicted molar refractivity (Wildman–Crippen MR) is 43.7 cm³/mol. The molecule has 0 saturated carbocycles. The molecule has 0 spiro atoms. The van der Waals surface area contributed by atoms with Crippen LogP contribution in [-0.4, -0.2) is 46.7 Å². The normalized spacial score (nSPS) is 39.3. The summed E-state index contributed by atoms with van der Waals surface area (Å²) in [6.07, 6.45) is -0.291. The zero-order valence-corrected chi connectivity index (χ0v) is 7.22. The molecule has 0 aromatic rings. The quantitative estimate of drug-likeness (QED) is 0.390. The molecule has 0 radical (unpaired) electrons. The van der Waals surface area contributed by atoms with Gasteiger partial charge in [0.05, 0.1) is 25.7 Å². The van der Waals surface area contributed by atoms with Crippen molar-refractivity contribution in [2.24, 2.45) is 0 Å². The van der Waals surface area contributed by atoms with Crippen LogP contribution in [0.3, 0.4) is 0 Å². The molecule has 13 heavy (non-hydrogen) atoms. The number of hydrogen-bond acceptors (Lipinski definition) is 5. The highest BCUT2D eigenvalue weighted by atomic mass is 16.8. The van der Waals surface area contributed by atoms with E-state index < -0.39 is 18.2 Å². The molecule has 0 bridgehead atoms. The maximum absolute atomic E-state index is 9.53. The average molecular weight is 190 g/mol. The smallest absolute Gasteiger partial charge is 0.283 e. The molecule has 0 aromatic heterocycles. The van der Waals surface area contributed by atoms with Gasteiger partial charge < -0.3 is 24.8 Å². The molecule has 1 fully saturated rings. The number of aliphatic hydroxyl groups excluding tert-OH is 2. The van der Waals surface area contributed by atoms with E-state index in [9.17, 15) is 10.2 Å². The summed E-state index contributed by atoms with van der Waals surface area (Å²) in [4.78, 5) is 0. The molecule has 1 aliphatic heterocycles. The Balaban J connectivity index is 2.48. The van der Waals surface area contributed by atoms with Gasteiger partial charge >= 0.3 is 0 Å². The molecule has 76 valence electrons. The second-order valence-corrected chi connectivity index (χ2v) is 2.92. The third-order valence-corrected chi connectivity index (χ3v) is 1.84. The zero-order valence-electron chi connectivity index (χ0n) is 7.22. The molecule has 1 aliphatic rings. The van der Waals surface area contributed by atoms with Gasteiger partial charge in [-0.05, 0) is 0 Å². The summed E-state index contributed by atoms with van der Waals surface area (Å²) in [7, 11) is 0. The van der Waals surface area contributed by atoms with Crippen molar-refractivity contribution in [1.29, 1.82) is 0 Å². The van der Waals surface area contributed by atoms with E-state index in [0.29, 0.717) is 0 Å². The van der Waals surface area contributed by atoms with Gasteiger partial charge in [-0.25, -0.2) is 0 Å². The molecule has 0 aliphatic carbocycles. The molecule has 5 heteroatoms. The van der Waals surface area contributed by atoms with Crippen LogP contribution in [0.5, 0.6) is 0 Å². The number of rotatable bonds is 4. The fraction of sp³-hybridized carbons (Fsp3) is 0.750. The Kier molecular flexibility index (Phi) is 3.40. The van der Waals surface area contributed by atoms with E-state index in [1.807, 2.05) is 0 Å². The van der Waals surface area contributed by atoms with E-state index in [-0.39, 0.29) is 19.6 Å². The van der Waals surface area contributed by atoms with E-state index in [1.54, 1.807) is 0 Å². The molecular formula is C8H14O5. The first-order valence-electron chi connectivity index (χ1n) is 4.05. The van der Waals surface area contributed by atoms with Gasteiger partial charge in [-0.1, -0.05) is 6.08 Å². The highest BCUT2D eigenvalue weighted by molar-refractivity contribution is 4.82. The first-order valence-corrected chi connectivity index (χ1v) is 4.05. The summed E-state index contributed by atoms with van der Waals surface area (Å²) in [6, 6.07) is 0. The molecule has 5 nitrogen and oxygen atoms in total. The Hall–Kier alpha value is -0.460. The van der Waals surface area contributed by atoms with E-state index in [0.717, 1.165) is 0 Å². The molecular weight excluding hydrogens is 176 g/mol. The van der Waals surface area contributed by atoms with Gasteiger partial charge in [0.15, 0.2) is 0 Å². The minimum Gasteiger partial charge on any atom is -0.394 e. The van der Waals surface area contributed by atoms with Gasteiger partial charge in [0.1, 0.15) is 6.10 Å². The predicted octanol–water partition coefficient (Wildman–Crippen LogP) is -1.02. The fourth-order valence-electron chi connectivity index (χ4n) is 1.20. The van der Waals surface area contributed by atoms with Crippen molar-refractivity contribution in [3.63, 3.8) is 0 Å². The fourth-order valence-corrected chi connectivity index (χ4v) is 1.20. The van der Waals surface area contributed by atoms with Crippen LogP contribution in [0.2, 0.25) is 0 Å². The average Bonchev–Trinajstić information content (AvgIpc) is 2.39. The van der Waals surface area contributed by atoms with Crippen LogP contribution in [0.4, 0.5) is 0 Å². The van der Waals surface area contributed by atoms with Gasteiger partial charge in [0, 0.05) is 0 Å². The summed E-state index contributed by atoms with van der Waals surface area (Å²) >= 11 is 0. The summed E-state index contributed by atoms with van der Waals surface area (Å²) in [6.45, 7) is 3.19. The summed E-state index contributed by atoms with van der Waals surface area (Å²) in [5.41, 5.74) is 0. The zero-order chi connectivity index (χ0) is 9.90. The lowest BCUT2D eigenvalue weighted by molar-refractivity contribution is -0.347. The Morgan fingerprint density at radius 2 is 2.38 bits per heavy atom. The van der Waals surface area contributed by atoms with Crippen LogP contribution in [0, 0.1) is 0 Å². The van der Waals surface area contributed by atoms with Crippen molar-refractivity contribution < 1.29 is 24.8 Å². The van der Waals surface area contributed by atoms with Gasteiger partial charge in [-0.15, -0.1) is 6.58 Å². The van der Waals surface area contributed by atoms with Gasteiger partial charge in [-0.2, -0.15) is 0 Å². The van der Waals surface area contributed by atoms with Crippen LogP contribution in [0.1, 0.15) is 6.42 Å². The minimum absolute atomic E-state index is 0.0634. The monoisotopic (exact) mass is 190 g/mol. The molecule has 0 amide bonds. The van der Waals surface area contributed by atoms with Crippen LogP contribution in [0.25, 0.3) is 0 Å². The Morgan fingerprint density at radius 3 is 2.85 bits per heavy atom. The van der Waals surface area contributed by atoms with Gasteiger partial charge in [0.25, 0.3) is 5.97 Å². The number of aliphatic hydroxyl groups is 3. The molecule has 0 unspecified atom stereocenters. The molecule has 1 heterocycles. The Bertz CT molecular complexity index is 183. The summed E-state index contributed by atoms with van der Waals surface area (Å²) in [5, 5.41) is 27.5. The third kappa shape index (κ3) is 2.49. The van der Waals surface area contributed by atoms with Crippen molar-refractivity contribution in [3.05, 3.63) is 12.7 Å². The van der Waals surface area contributed by atoms with Gasteiger partial charge in [0.2, 0.25) is 0 Å². The lowest BCUT2D eigenvalue weighted by atomic mass is 10.2. The van der Waals surface area contributed by atoms with Crippen LogP contribution in [0.15, 0.2) is 12.7 Å². The molecule has 3 N–H and O–H groups in total. The lowest BCUT2D eigenvalue weighted by Crippen LogP contribution is -2.33. The van der Waals surface area contributed by atoms with Crippen LogP contribution >= 0.6 is 0 Å². The second kappa shape index (κ2) is 4.17. The van der Waals surface area contributed by atoms with Crippen LogP contribution in [-0.2, 0) is 9.47 Å².